The van der Waals surface area contributed by atoms with Crippen LogP contribution in [0, 0.1) is 6.92 Å². The Balaban J connectivity index is 1.54. The van der Waals surface area contributed by atoms with Crippen molar-refractivity contribution in [3.63, 3.8) is 0 Å². The summed E-state index contributed by atoms with van der Waals surface area (Å²) in [6.45, 7) is 3.01. The number of alkyl halides is 1. The molecule has 1 amide bonds. The lowest BCUT2D eigenvalue weighted by molar-refractivity contribution is 0.0735. The van der Waals surface area contributed by atoms with Gasteiger partial charge in [0, 0.05) is 52.7 Å². The maximum Gasteiger partial charge on any atom is 0.254 e. The van der Waals surface area contributed by atoms with Gasteiger partial charge in [-0.3, -0.25) is 13.9 Å². The number of carbonyl (C=O) groups excluding carboxylic acids is 2. The number of sulfonamides is 1. The number of amides is 1. The molecular formula is C35H34FN3O5S2. The number of aromatic nitrogens is 1. The fraction of sp³-hybridized carbons (Fsp3) is 0.286. The molecule has 2 aromatic heterocycles. The monoisotopic (exact) mass is 659 g/mol. The predicted octanol–water partition coefficient (Wildman–Crippen LogP) is 7.84. The Morgan fingerprint density at radius 1 is 1.11 bits per heavy atom. The van der Waals surface area contributed by atoms with Crippen molar-refractivity contribution in [2.75, 3.05) is 30.3 Å². The lowest BCUT2D eigenvalue weighted by Crippen LogP contribution is -2.32. The van der Waals surface area contributed by atoms with Gasteiger partial charge in [0.25, 0.3) is 5.91 Å². The second-order valence-electron chi connectivity index (χ2n) is 11.4. The van der Waals surface area contributed by atoms with E-state index in [1.165, 1.54) is 11.3 Å². The Morgan fingerprint density at radius 3 is 2.57 bits per heavy atom. The van der Waals surface area contributed by atoms with Crippen LogP contribution in [-0.4, -0.2) is 56.0 Å². The number of rotatable bonds is 10. The molecule has 46 heavy (non-hydrogen) atoms. The molecule has 238 valence electrons. The molecule has 0 saturated carbocycles. The molecule has 0 spiro atoms. The lowest BCUT2D eigenvalue weighted by atomic mass is 9.95. The maximum absolute atomic E-state index is 13.9. The molecule has 1 unspecified atom stereocenters. The Bertz CT molecular complexity index is 2020. The van der Waals surface area contributed by atoms with Gasteiger partial charge in [-0.1, -0.05) is 48.9 Å². The van der Waals surface area contributed by atoms with Gasteiger partial charge in [-0.15, -0.1) is 11.3 Å². The Hall–Kier alpha value is -4.35. The Morgan fingerprint density at radius 2 is 1.89 bits per heavy atom. The summed E-state index contributed by atoms with van der Waals surface area (Å²) in [6.07, 6.45) is 4.67. The van der Waals surface area contributed by atoms with E-state index in [0.717, 1.165) is 34.0 Å². The topological polar surface area (TPSA) is 101 Å². The molecule has 0 aliphatic carbocycles. The smallest absolute Gasteiger partial charge is 0.254 e. The van der Waals surface area contributed by atoms with Crippen LogP contribution < -0.4 is 4.31 Å². The van der Waals surface area contributed by atoms with E-state index in [9.17, 15) is 22.4 Å². The molecular weight excluding hydrogens is 626 g/mol. The van der Waals surface area contributed by atoms with Crippen molar-refractivity contribution >= 4 is 49.7 Å². The standard InChI is InChI=1S/C35H34FN3O5S2/c1-4-30(40)32-27-20-26(24-7-5-8-25(19-24)35(41)38-16-6-9-28(38)34-37-15-18-45-34)29(39(17-14-36)46(3,42)43)21-31(27)44-33(32)23-12-10-22(2)11-13-23/h5,7-8,10-13,15,18-21,28H,4,6,9,14,16-17H2,1-3H3. The second-order valence-corrected chi connectivity index (χ2v) is 14.3. The van der Waals surface area contributed by atoms with Crippen molar-refractivity contribution in [3.05, 3.63) is 93.9 Å². The van der Waals surface area contributed by atoms with Crippen molar-refractivity contribution in [3.8, 4) is 22.5 Å². The number of Topliss-reactive ketones (excluding diaryl/α,β-unsaturated/α-hetero) is 1. The molecule has 1 saturated heterocycles. The number of carbonyl (C=O) groups is 2. The molecule has 1 aliphatic heterocycles. The Kier molecular flexibility index (Phi) is 8.80. The van der Waals surface area contributed by atoms with Gasteiger partial charge in [0.2, 0.25) is 10.0 Å². The average Bonchev–Trinajstić information content (AvgIpc) is 3.82. The zero-order valence-electron chi connectivity index (χ0n) is 25.8. The van der Waals surface area contributed by atoms with Gasteiger partial charge < -0.3 is 9.32 Å². The molecule has 0 N–H and O–H groups in total. The third-order valence-electron chi connectivity index (χ3n) is 8.35. The van der Waals surface area contributed by atoms with Crippen molar-refractivity contribution < 1.29 is 26.8 Å². The summed E-state index contributed by atoms with van der Waals surface area (Å²) in [5.41, 5.74) is 4.05. The van der Waals surface area contributed by atoms with Crippen LogP contribution in [0.1, 0.15) is 63.5 Å². The summed E-state index contributed by atoms with van der Waals surface area (Å²) >= 11 is 1.52. The van der Waals surface area contributed by atoms with Crippen LogP contribution in [0.2, 0.25) is 0 Å². The summed E-state index contributed by atoms with van der Waals surface area (Å²) in [5, 5.41) is 3.30. The van der Waals surface area contributed by atoms with Gasteiger partial charge in [-0.2, -0.15) is 0 Å². The normalized spacial score (nSPS) is 15.0. The SMILES string of the molecule is CCC(=O)c1c(-c2ccc(C)cc2)oc2cc(N(CCF)S(C)(=O)=O)c(-c3cccc(C(=O)N4CCCC4c4nccs4)c3)cc12. The van der Waals surface area contributed by atoms with Crippen LogP contribution >= 0.6 is 11.3 Å². The van der Waals surface area contributed by atoms with Crippen molar-refractivity contribution in [2.45, 2.75) is 39.2 Å². The van der Waals surface area contributed by atoms with Gasteiger partial charge in [0.1, 0.15) is 23.0 Å². The third kappa shape index (κ3) is 5.96. The molecule has 3 heterocycles. The van der Waals surface area contributed by atoms with Gasteiger partial charge in [-0.05, 0) is 43.5 Å². The first-order valence-corrected chi connectivity index (χ1v) is 17.9. The van der Waals surface area contributed by atoms with E-state index in [2.05, 4.69) is 4.98 Å². The van der Waals surface area contributed by atoms with Crippen LogP contribution in [0.15, 0.2) is 76.7 Å². The lowest BCUT2D eigenvalue weighted by Gasteiger charge is -2.25. The molecule has 0 radical (unpaired) electrons. The van der Waals surface area contributed by atoms with Crippen molar-refractivity contribution in [2.24, 2.45) is 0 Å². The number of hydrogen-bond acceptors (Lipinski definition) is 7. The first kappa shape index (κ1) is 31.6. The summed E-state index contributed by atoms with van der Waals surface area (Å²) in [7, 11) is -3.93. The molecule has 0 bridgehead atoms. The number of likely N-dealkylation sites (tertiary alicyclic amines) is 1. The molecule has 3 aromatic carbocycles. The highest BCUT2D eigenvalue weighted by atomic mass is 32.2. The number of ketones is 1. The minimum Gasteiger partial charge on any atom is -0.455 e. The number of hydrogen-bond donors (Lipinski definition) is 0. The maximum atomic E-state index is 13.9. The van der Waals surface area contributed by atoms with Gasteiger partial charge in [0.05, 0.1) is 30.1 Å². The molecule has 1 atom stereocenters. The number of benzene rings is 3. The highest BCUT2D eigenvalue weighted by Crippen LogP contribution is 2.42. The highest BCUT2D eigenvalue weighted by Gasteiger charge is 2.33. The number of thiazole rings is 1. The van der Waals surface area contributed by atoms with E-state index in [4.69, 9.17) is 4.42 Å². The van der Waals surface area contributed by atoms with Crippen LogP contribution in [-0.2, 0) is 10.0 Å². The number of nitrogens with zero attached hydrogens (tertiary/aromatic N) is 3. The second kappa shape index (κ2) is 12.8. The van der Waals surface area contributed by atoms with Crippen LogP contribution in [0.5, 0.6) is 0 Å². The first-order chi connectivity index (χ1) is 22.1. The quantitative estimate of drug-likeness (QED) is 0.142. The molecule has 11 heteroatoms. The van der Waals surface area contributed by atoms with Crippen LogP contribution in [0.25, 0.3) is 33.4 Å². The largest absolute Gasteiger partial charge is 0.455 e. The fourth-order valence-electron chi connectivity index (χ4n) is 6.12. The number of anilines is 1. The number of halogens is 1. The fourth-order valence-corrected chi connectivity index (χ4v) is 7.82. The van der Waals surface area contributed by atoms with E-state index in [1.807, 2.05) is 41.5 Å². The molecule has 6 rings (SSSR count). The average molecular weight is 660 g/mol. The summed E-state index contributed by atoms with van der Waals surface area (Å²) < 4.78 is 47.2. The zero-order valence-corrected chi connectivity index (χ0v) is 27.5. The van der Waals surface area contributed by atoms with E-state index >= 15 is 0 Å². The number of fused-ring (bicyclic) bond motifs is 1. The van der Waals surface area contributed by atoms with Gasteiger partial charge >= 0.3 is 0 Å². The third-order valence-corrected chi connectivity index (χ3v) is 10.4. The van der Waals surface area contributed by atoms with Crippen LogP contribution in [0.3, 0.4) is 0 Å². The zero-order chi connectivity index (χ0) is 32.6. The van der Waals surface area contributed by atoms with E-state index in [-0.39, 0.29) is 29.8 Å². The number of aryl methyl sites for hydroxylation is 1. The Labute approximate surface area is 271 Å². The van der Waals surface area contributed by atoms with Crippen molar-refractivity contribution in [1.82, 2.24) is 9.88 Å². The molecule has 1 fully saturated rings. The van der Waals surface area contributed by atoms with Gasteiger partial charge in [-0.25, -0.2) is 17.8 Å². The molecule has 8 nitrogen and oxygen atoms in total. The highest BCUT2D eigenvalue weighted by molar-refractivity contribution is 7.92. The molecule has 1 aliphatic rings. The van der Waals surface area contributed by atoms with Gasteiger partial charge in [0.15, 0.2) is 5.78 Å². The number of furan rings is 1. The summed E-state index contributed by atoms with van der Waals surface area (Å²) in [5.74, 6) is 0.0909. The summed E-state index contributed by atoms with van der Waals surface area (Å²) in [4.78, 5) is 33.6. The molecule has 5 aromatic rings. The van der Waals surface area contributed by atoms with E-state index in [1.54, 1.807) is 49.5 Å². The predicted molar refractivity (Wildman–Crippen MR) is 180 cm³/mol. The van der Waals surface area contributed by atoms with E-state index in [0.29, 0.717) is 51.1 Å². The minimum atomic E-state index is -3.93. The first-order valence-electron chi connectivity index (χ1n) is 15.2. The minimum absolute atomic E-state index is 0.109. The van der Waals surface area contributed by atoms with E-state index < -0.39 is 23.2 Å². The van der Waals surface area contributed by atoms with Crippen molar-refractivity contribution in [1.29, 1.82) is 0 Å². The summed E-state index contributed by atoms with van der Waals surface area (Å²) in [6, 6.07) is 17.8. The van der Waals surface area contributed by atoms with Crippen LogP contribution in [0.4, 0.5) is 10.1 Å².